The van der Waals surface area contributed by atoms with Gasteiger partial charge in [0.25, 0.3) is 0 Å². The fraction of sp³-hybridized carbons (Fsp3) is 0.727. The summed E-state index contributed by atoms with van der Waals surface area (Å²) < 4.78 is 34.3. The van der Waals surface area contributed by atoms with Crippen molar-refractivity contribution in [3.63, 3.8) is 0 Å². The summed E-state index contributed by atoms with van der Waals surface area (Å²) in [5, 5.41) is 7.41. The van der Waals surface area contributed by atoms with E-state index in [0.717, 1.165) is 0 Å². The lowest BCUT2D eigenvalue weighted by Gasteiger charge is -2.35. The van der Waals surface area contributed by atoms with Crippen LogP contribution in [0.1, 0.15) is 5.69 Å². The molecule has 2 aliphatic rings. The second-order valence-corrected chi connectivity index (χ2v) is 7.26. The van der Waals surface area contributed by atoms with Crippen molar-refractivity contribution in [1.29, 1.82) is 0 Å². The molecule has 3 rings (SSSR count). The zero-order chi connectivity index (χ0) is 14.5. The molecule has 7 nitrogen and oxygen atoms in total. The summed E-state index contributed by atoms with van der Waals surface area (Å²) in [5.41, 5.74) is 0.423. The van der Waals surface area contributed by atoms with Gasteiger partial charge in [-0.15, -0.1) is 12.4 Å². The van der Waals surface area contributed by atoms with Crippen LogP contribution in [0.4, 0.5) is 0 Å². The van der Waals surface area contributed by atoms with Crippen LogP contribution in [0.5, 0.6) is 0 Å². The Labute approximate surface area is 135 Å². The van der Waals surface area contributed by atoms with Crippen LogP contribution in [0.25, 0.3) is 0 Å². The summed E-state index contributed by atoms with van der Waals surface area (Å²) in [5.74, 6) is 0. The number of fused-ring (bicyclic) bond motifs is 1. The lowest BCUT2D eigenvalue weighted by molar-refractivity contribution is -0.0149. The lowest BCUT2D eigenvalue weighted by atomic mass is 10.2. The number of aromatic nitrogens is 2. The molecule has 1 N–H and O–H groups in total. The molecule has 21 heavy (non-hydrogen) atoms. The molecule has 3 heterocycles. The van der Waals surface area contributed by atoms with Gasteiger partial charge in [-0.1, -0.05) is 11.6 Å². The van der Waals surface area contributed by atoms with Crippen molar-refractivity contribution < 1.29 is 13.2 Å². The largest absolute Gasteiger partial charge is 0.374 e. The van der Waals surface area contributed by atoms with Gasteiger partial charge in [-0.3, -0.25) is 4.68 Å². The normalized spacial score (nSPS) is 26.4. The van der Waals surface area contributed by atoms with Crippen molar-refractivity contribution in [2.24, 2.45) is 7.05 Å². The van der Waals surface area contributed by atoms with Crippen molar-refractivity contribution in [2.75, 3.05) is 26.2 Å². The Bertz CT molecular complexity index is 634. The number of rotatable bonds is 2. The van der Waals surface area contributed by atoms with Crippen molar-refractivity contribution in [3.8, 4) is 0 Å². The first kappa shape index (κ1) is 17.0. The first-order valence-corrected chi connectivity index (χ1v) is 8.28. The third kappa shape index (κ3) is 2.69. The molecule has 0 aliphatic carbocycles. The van der Waals surface area contributed by atoms with Gasteiger partial charge in [0, 0.05) is 26.7 Å². The van der Waals surface area contributed by atoms with Crippen LogP contribution in [0.3, 0.4) is 0 Å². The van der Waals surface area contributed by atoms with Gasteiger partial charge in [-0.2, -0.15) is 9.40 Å². The molecule has 0 bridgehead atoms. The fourth-order valence-corrected chi connectivity index (χ4v) is 5.22. The molecule has 2 saturated heterocycles. The smallest absolute Gasteiger partial charge is 0.248 e. The van der Waals surface area contributed by atoms with Gasteiger partial charge in [0.15, 0.2) is 0 Å². The molecule has 1 aromatic rings. The molecular formula is C11H18Cl2N4O3S. The third-order valence-corrected chi connectivity index (χ3v) is 6.43. The Kier molecular flexibility index (Phi) is 4.87. The first-order chi connectivity index (χ1) is 9.43. The molecule has 2 atom stereocenters. The molecule has 0 spiro atoms. The van der Waals surface area contributed by atoms with E-state index in [4.69, 9.17) is 16.3 Å². The van der Waals surface area contributed by atoms with Crippen molar-refractivity contribution in [2.45, 2.75) is 24.0 Å². The predicted molar refractivity (Wildman–Crippen MR) is 80.5 cm³/mol. The van der Waals surface area contributed by atoms with E-state index in [1.54, 1.807) is 14.0 Å². The number of nitrogens with one attached hydrogen (secondary N) is 1. The van der Waals surface area contributed by atoms with E-state index in [-0.39, 0.29) is 34.6 Å². The van der Waals surface area contributed by atoms with Crippen molar-refractivity contribution in [3.05, 3.63) is 10.8 Å². The minimum Gasteiger partial charge on any atom is -0.374 e. The Hall–Kier alpha value is -0.380. The minimum atomic E-state index is -3.66. The standard InChI is InChI=1S/C11H17ClN4O3S.ClH/c1-7-10(11(12)15(2)14-7)20(17,18)16-3-4-19-9-6-13-5-8(9)16;/h8-9,13H,3-6H2,1-2H3;1H/t8-,9+;/m1./s1. The summed E-state index contributed by atoms with van der Waals surface area (Å²) in [6.07, 6.45) is -0.0886. The zero-order valence-corrected chi connectivity index (χ0v) is 14.1. The van der Waals surface area contributed by atoms with Gasteiger partial charge < -0.3 is 10.1 Å². The molecule has 2 fully saturated rings. The number of morpholine rings is 1. The van der Waals surface area contributed by atoms with Crippen LogP contribution in [-0.4, -0.2) is 60.9 Å². The highest BCUT2D eigenvalue weighted by Gasteiger charge is 2.44. The SMILES string of the molecule is Cc1nn(C)c(Cl)c1S(=O)(=O)N1CCO[C@H]2CNC[C@H]21.Cl. The average molecular weight is 357 g/mol. The Morgan fingerprint density at radius 2 is 2.14 bits per heavy atom. The Balaban J connectivity index is 0.00000161. The van der Waals surface area contributed by atoms with Gasteiger partial charge >= 0.3 is 0 Å². The van der Waals surface area contributed by atoms with E-state index in [2.05, 4.69) is 10.4 Å². The lowest BCUT2D eigenvalue weighted by Crippen LogP contribution is -2.53. The maximum atomic E-state index is 12.9. The van der Waals surface area contributed by atoms with Crippen molar-refractivity contribution >= 4 is 34.0 Å². The number of aryl methyl sites for hydroxylation is 2. The number of ether oxygens (including phenoxy) is 1. The third-order valence-electron chi connectivity index (χ3n) is 3.81. The maximum absolute atomic E-state index is 12.9. The zero-order valence-electron chi connectivity index (χ0n) is 11.7. The molecule has 120 valence electrons. The quantitative estimate of drug-likeness (QED) is 0.816. The second-order valence-electron chi connectivity index (χ2n) is 5.08. The van der Waals surface area contributed by atoms with Crippen LogP contribution < -0.4 is 5.32 Å². The molecule has 10 heteroatoms. The van der Waals surface area contributed by atoms with Gasteiger partial charge in [-0.05, 0) is 6.92 Å². The van der Waals surface area contributed by atoms with Gasteiger partial charge in [0.2, 0.25) is 10.0 Å². The highest BCUT2D eigenvalue weighted by atomic mass is 35.5. The molecule has 0 amide bonds. The minimum absolute atomic E-state index is 0. The molecule has 0 unspecified atom stereocenters. The van der Waals surface area contributed by atoms with Crippen LogP contribution >= 0.6 is 24.0 Å². The van der Waals surface area contributed by atoms with Crippen LogP contribution in [0, 0.1) is 6.92 Å². The molecule has 0 radical (unpaired) electrons. The van der Waals surface area contributed by atoms with Gasteiger partial charge in [0.05, 0.1) is 24.4 Å². The molecule has 2 aliphatic heterocycles. The second kappa shape index (κ2) is 6.02. The summed E-state index contributed by atoms with van der Waals surface area (Å²) >= 11 is 6.11. The average Bonchev–Trinajstić information content (AvgIpc) is 2.94. The van der Waals surface area contributed by atoms with E-state index >= 15 is 0 Å². The van der Waals surface area contributed by atoms with Crippen LogP contribution in [0.15, 0.2) is 4.90 Å². The Morgan fingerprint density at radius 3 is 2.76 bits per heavy atom. The van der Waals surface area contributed by atoms with E-state index in [1.807, 2.05) is 0 Å². The van der Waals surface area contributed by atoms with Crippen LogP contribution in [0.2, 0.25) is 5.15 Å². The molecule has 1 aromatic heterocycles. The number of hydrogen-bond acceptors (Lipinski definition) is 5. The van der Waals surface area contributed by atoms with E-state index in [0.29, 0.717) is 31.9 Å². The van der Waals surface area contributed by atoms with Crippen molar-refractivity contribution in [1.82, 2.24) is 19.4 Å². The van der Waals surface area contributed by atoms with E-state index < -0.39 is 10.0 Å². The summed E-state index contributed by atoms with van der Waals surface area (Å²) in [6, 6.07) is -0.176. The number of hydrogen-bond donors (Lipinski definition) is 1. The van der Waals surface area contributed by atoms with E-state index in [1.165, 1.54) is 8.99 Å². The maximum Gasteiger partial charge on any atom is 0.248 e. The molecular weight excluding hydrogens is 339 g/mol. The van der Waals surface area contributed by atoms with Gasteiger partial charge in [-0.25, -0.2) is 8.42 Å². The Morgan fingerprint density at radius 1 is 1.43 bits per heavy atom. The molecule has 0 saturated carbocycles. The highest BCUT2D eigenvalue weighted by molar-refractivity contribution is 7.89. The number of nitrogens with zero attached hydrogens (tertiary/aromatic N) is 3. The van der Waals surface area contributed by atoms with Gasteiger partial charge in [0.1, 0.15) is 10.0 Å². The number of halogens is 2. The summed E-state index contributed by atoms with van der Waals surface area (Å²) in [4.78, 5) is 0.106. The first-order valence-electron chi connectivity index (χ1n) is 6.46. The van der Waals surface area contributed by atoms with Crippen LogP contribution in [-0.2, 0) is 21.8 Å². The topological polar surface area (TPSA) is 76.5 Å². The monoisotopic (exact) mass is 356 g/mol. The summed E-state index contributed by atoms with van der Waals surface area (Å²) in [6.45, 7) is 3.68. The molecule has 0 aromatic carbocycles. The summed E-state index contributed by atoms with van der Waals surface area (Å²) in [7, 11) is -2.03. The highest BCUT2D eigenvalue weighted by Crippen LogP contribution is 2.31. The fourth-order valence-electron chi connectivity index (χ4n) is 2.88. The number of sulfonamides is 1. The van der Waals surface area contributed by atoms with E-state index in [9.17, 15) is 8.42 Å². The predicted octanol–water partition coefficient (Wildman–Crippen LogP) is 0.165.